The van der Waals surface area contributed by atoms with Gasteiger partial charge in [-0.2, -0.15) is 0 Å². The molecule has 4 rings (SSSR count). The van der Waals surface area contributed by atoms with E-state index in [1.54, 1.807) is 0 Å². The van der Waals surface area contributed by atoms with E-state index < -0.39 is 5.63 Å². The molecular formula is C19H14N2O4S. The lowest BCUT2D eigenvalue weighted by Gasteiger charge is -2.11. The summed E-state index contributed by atoms with van der Waals surface area (Å²) in [7, 11) is 0. The summed E-state index contributed by atoms with van der Waals surface area (Å²) in [6.45, 7) is 1.96. The van der Waals surface area contributed by atoms with E-state index >= 15 is 0 Å². The monoisotopic (exact) mass is 366 g/mol. The smallest absolute Gasteiger partial charge is 0.336 e. The minimum atomic E-state index is -0.408. The summed E-state index contributed by atoms with van der Waals surface area (Å²) in [6.07, 6.45) is 0. The summed E-state index contributed by atoms with van der Waals surface area (Å²) in [5.74, 6) is 0.920. The number of hydrogen-bond acceptors (Lipinski definition) is 6. The normalized spacial score (nSPS) is 11.0. The molecule has 0 aliphatic carbocycles. The maximum Gasteiger partial charge on any atom is 0.336 e. The van der Waals surface area contributed by atoms with Crippen LogP contribution in [0.25, 0.3) is 22.1 Å². The average Bonchev–Trinajstić information content (AvgIpc) is 3.07. The van der Waals surface area contributed by atoms with Crippen molar-refractivity contribution in [2.75, 3.05) is 0 Å². The molecule has 26 heavy (non-hydrogen) atoms. The van der Waals surface area contributed by atoms with Crippen LogP contribution < -0.4 is 10.4 Å². The number of benzene rings is 2. The Kier molecular flexibility index (Phi) is 4.14. The molecular weight excluding hydrogens is 352 g/mol. The molecule has 0 spiro atoms. The number of rotatable bonds is 4. The number of aromatic nitrogens is 2. The van der Waals surface area contributed by atoms with Gasteiger partial charge in [-0.15, -0.1) is 5.10 Å². The van der Waals surface area contributed by atoms with E-state index in [0.717, 1.165) is 22.1 Å². The predicted molar refractivity (Wildman–Crippen MR) is 98.7 cm³/mol. The Morgan fingerprint density at radius 2 is 1.96 bits per heavy atom. The molecule has 0 saturated carbocycles. The predicted octanol–water partition coefficient (Wildman–Crippen LogP) is 4.39. The molecule has 7 heteroatoms. The molecule has 0 atom stereocenters. The first kappa shape index (κ1) is 16.3. The summed E-state index contributed by atoms with van der Waals surface area (Å²) in [5, 5.41) is 7.28. The van der Waals surface area contributed by atoms with Gasteiger partial charge in [-0.05, 0) is 42.4 Å². The lowest BCUT2D eigenvalue weighted by atomic mass is 10.0. The molecule has 2 aromatic carbocycles. The number of H-pyrrole nitrogens is 1. The lowest BCUT2D eigenvalue weighted by Crippen LogP contribution is -2.02. The molecule has 2 heterocycles. The largest absolute Gasteiger partial charge is 0.483 e. The number of aryl methyl sites for hydroxylation is 1. The van der Waals surface area contributed by atoms with Gasteiger partial charge in [0.15, 0.2) is 6.61 Å². The van der Waals surface area contributed by atoms with E-state index in [0.29, 0.717) is 17.2 Å². The fraction of sp³-hybridized carbons (Fsp3) is 0.105. The SMILES string of the molecule is Cc1c(OCc2n[nH]c(=S)o2)ccc2c(-c3ccccc3)cc(=O)oc12. The van der Waals surface area contributed by atoms with E-state index in [4.69, 9.17) is 25.8 Å². The molecule has 0 unspecified atom stereocenters. The molecule has 0 aliphatic heterocycles. The third kappa shape index (κ3) is 3.04. The molecule has 0 fully saturated rings. The van der Waals surface area contributed by atoms with Gasteiger partial charge in [-0.1, -0.05) is 30.3 Å². The third-order valence-corrected chi connectivity index (χ3v) is 4.20. The molecule has 0 saturated heterocycles. The molecule has 4 aromatic rings. The minimum Gasteiger partial charge on any atom is -0.483 e. The van der Waals surface area contributed by atoms with Crippen molar-refractivity contribution in [2.24, 2.45) is 0 Å². The van der Waals surface area contributed by atoms with E-state index in [1.165, 1.54) is 6.07 Å². The van der Waals surface area contributed by atoms with Gasteiger partial charge in [0.05, 0.1) is 0 Å². The van der Waals surface area contributed by atoms with Crippen LogP contribution in [-0.2, 0) is 6.61 Å². The maximum atomic E-state index is 12.1. The van der Waals surface area contributed by atoms with Crippen LogP contribution in [0, 0.1) is 11.8 Å². The zero-order chi connectivity index (χ0) is 18.1. The van der Waals surface area contributed by atoms with Gasteiger partial charge < -0.3 is 13.6 Å². The second kappa shape index (κ2) is 6.61. The highest BCUT2D eigenvalue weighted by Crippen LogP contribution is 2.33. The second-order valence-electron chi connectivity index (χ2n) is 5.71. The molecule has 6 nitrogen and oxygen atoms in total. The van der Waals surface area contributed by atoms with Crippen molar-refractivity contribution < 1.29 is 13.6 Å². The fourth-order valence-corrected chi connectivity index (χ4v) is 2.96. The van der Waals surface area contributed by atoms with Crippen molar-refractivity contribution in [1.82, 2.24) is 10.2 Å². The highest BCUT2D eigenvalue weighted by Gasteiger charge is 2.13. The molecule has 1 N–H and O–H groups in total. The molecule has 0 amide bonds. The Morgan fingerprint density at radius 3 is 2.69 bits per heavy atom. The average molecular weight is 366 g/mol. The van der Waals surface area contributed by atoms with Crippen LogP contribution in [0.15, 0.2) is 62.2 Å². The summed E-state index contributed by atoms with van der Waals surface area (Å²) in [5.41, 5.74) is 2.59. The van der Waals surface area contributed by atoms with Crippen molar-refractivity contribution in [3.05, 3.63) is 75.2 Å². The summed E-state index contributed by atoms with van der Waals surface area (Å²) >= 11 is 4.84. The van der Waals surface area contributed by atoms with Crippen molar-refractivity contribution in [1.29, 1.82) is 0 Å². The van der Waals surface area contributed by atoms with Gasteiger partial charge in [0.25, 0.3) is 10.7 Å². The van der Waals surface area contributed by atoms with Crippen molar-refractivity contribution in [3.63, 3.8) is 0 Å². The van der Waals surface area contributed by atoms with E-state index in [-0.39, 0.29) is 11.4 Å². The zero-order valence-corrected chi connectivity index (χ0v) is 14.6. The van der Waals surface area contributed by atoms with Crippen LogP contribution in [-0.4, -0.2) is 10.2 Å². The van der Waals surface area contributed by atoms with Gasteiger partial charge in [0.1, 0.15) is 11.3 Å². The summed E-state index contributed by atoms with van der Waals surface area (Å²) < 4.78 is 16.4. The first-order valence-corrected chi connectivity index (χ1v) is 8.33. The number of fused-ring (bicyclic) bond motifs is 1. The highest BCUT2D eigenvalue weighted by molar-refractivity contribution is 7.71. The van der Waals surface area contributed by atoms with E-state index in [9.17, 15) is 4.79 Å². The topological polar surface area (TPSA) is 81.3 Å². The Hall–Kier alpha value is -3.19. The molecule has 2 aromatic heterocycles. The Labute approximate surface area is 153 Å². The van der Waals surface area contributed by atoms with Crippen molar-refractivity contribution >= 4 is 23.2 Å². The number of hydrogen-bond donors (Lipinski definition) is 1. The summed E-state index contributed by atoms with van der Waals surface area (Å²) in [6, 6.07) is 14.9. The lowest BCUT2D eigenvalue weighted by molar-refractivity contribution is 0.260. The van der Waals surface area contributed by atoms with Gasteiger partial charge in [-0.3, -0.25) is 0 Å². The minimum absolute atomic E-state index is 0.113. The van der Waals surface area contributed by atoms with Gasteiger partial charge in [0, 0.05) is 17.0 Å². The van der Waals surface area contributed by atoms with Gasteiger partial charge in [0.2, 0.25) is 0 Å². The molecule has 0 radical (unpaired) electrons. The van der Waals surface area contributed by atoms with Crippen LogP contribution in [0.1, 0.15) is 11.5 Å². The van der Waals surface area contributed by atoms with Gasteiger partial charge >= 0.3 is 5.63 Å². The highest BCUT2D eigenvalue weighted by atomic mass is 32.1. The fourth-order valence-electron chi connectivity index (χ4n) is 2.82. The summed E-state index contributed by atoms with van der Waals surface area (Å²) in [4.78, 5) is 12.3. The number of aromatic amines is 1. The molecule has 0 bridgehead atoms. The standard InChI is InChI=1S/C19H14N2O4S/c1-11-15(23-10-16-20-21-19(26)24-16)8-7-13-14(9-17(22)25-18(11)13)12-5-3-2-4-6-12/h2-9H,10H2,1H3,(H,21,26). The van der Waals surface area contributed by atoms with Crippen LogP contribution in [0.4, 0.5) is 0 Å². The van der Waals surface area contributed by atoms with Crippen LogP contribution in [0.5, 0.6) is 5.75 Å². The number of nitrogens with zero attached hydrogens (tertiary/aromatic N) is 1. The Balaban J connectivity index is 1.78. The van der Waals surface area contributed by atoms with E-state index in [2.05, 4.69) is 10.2 Å². The van der Waals surface area contributed by atoms with Crippen LogP contribution >= 0.6 is 12.2 Å². The Bertz CT molecular complexity index is 1190. The van der Waals surface area contributed by atoms with Crippen molar-refractivity contribution in [2.45, 2.75) is 13.5 Å². The third-order valence-electron chi connectivity index (χ3n) is 4.03. The first-order chi connectivity index (χ1) is 12.6. The Morgan fingerprint density at radius 1 is 1.15 bits per heavy atom. The zero-order valence-electron chi connectivity index (χ0n) is 13.8. The maximum absolute atomic E-state index is 12.1. The molecule has 0 aliphatic rings. The van der Waals surface area contributed by atoms with Gasteiger partial charge in [-0.25, -0.2) is 9.89 Å². The second-order valence-corrected chi connectivity index (χ2v) is 6.08. The quantitative estimate of drug-likeness (QED) is 0.426. The van der Waals surface area contributed by atoms with Crippen LogP contribution in [0.2, 0.25) is 0 Å². The first-order valence-electron chi connectivity index (χ1n) is 7.92. The number of ether oxygens (including phenoxy) is 1. The van der Waals surface area contributed by atoms with Crippen molar-refractivity contribution in [3.8, 4) is 16.9 Å². The molecule has 130 valence electrons. The van der Waals surface area contributed by atoms with Crippen LogP contribution in [0.3, 0.4) is 0 Å². The number of nitrogens with one attached hydrogen (secondary N) is 1. The van der Waals surface area contributed by atoms with E-state index in [1.807, 2.05) is 49.4 Å².